The molecule has 0 N–H and O–H groups in total. The van der Waals surface area contributed by atoms with Crippen LogP contribution in [-0.4, -0.2) is 42.7 Å². The first-order valence-electron chi connectivity index (χ1n) is 11.0. The molecule has 2 aliphatic heterocycles. The zero-order valence-electron chi connectivity index (χ0n) is 19.2. The van der Waals surface area contributed by atoms with Crippen molar-refractivity contribution in [2.75, 3.05) is 14.2 Å². The molecule has 0 bridgehead atoms. The third-order valence-electron chi connectivity index (χ3n) is 6.87. The Balaban J connectivity index is 1.88. The maximum Gasteiger partial charge on any atom is 0.331 e. The number of esters is 1. The van der Waals surface area contributed by atoms with Gasteiger partial charge in [-0.1, -0.05) is 32.4 Å². The average Bonchev–Trinajstić information content (AvgIpc) is 3.17. The normalized spacial score (nSPS) is 21.7. The highest BCUT2D eigenvalue weighted by Gasteiger charge is 2.55. The molecule has 33 heavy (non-hydrogen) atoms. The van der Waals surface area contributed by atoms with Crippen LogP contribution < -0.4 is 9.47 Å². The predicted octanol–water partition coefficient (Wildman–Crippen LogP) is 4.09. The number of ketones is 2. The number of nitrogens with zero attached hydrogens (tertiary/aromatic N) is 1. The van der Waals surface area contributed by atoms with E-state index in [9.17, 15) is 14.4 Å². The summed E-state index contributed by atoms with van der Waals surface area (Å²) < 4.78 is 16.9. The fraction of sp³-hybridized carbons (Fsp3) is 0.346. The lowest BCUT2D eigenvalue weighted by molar-refractivity contribution is -0.143. The van der Waals surface area contributed by atoms with E-state index in [1.165, 1.54) is 14.2 Å². The minimum absolute atomic E-state index is 0.0912. The second-order valence-electron chi connectivity index (χ2n) is 8.72. The van der Waals surface area contributed by atoms with Gasteiger partial charge >= 0.3 is 5.97 Å². The summed E-state index contributed by atoms with van der Waals surface area (Å²) in [5.41, 5.74) is 2.95. The molecule has 0 spiro atoms. The van der Waals surface area contributed by atoms with Crippen molar-refractivity contribution in [2.24, 2.45) is 5.92 Å². The van der Waals surface area contributed by atoms with Gasteiger partial charge in [-0.15, -0.1) is 0 Å². The number of aryl methyl sites for hydroxylation is 1. The summed E-state index contributed by atoms with van der Waals surface area (Å²) in [6, 6.07) is 8.01. The van der Waals surface area contributed by atoms with E-state index in [1.54, 1.807) is 23.1 Å². The smallest absolute Gasteiger partial charge is 0.331 e. The van der Waals surface area contributed by atoms with Crippen LogP contribution in [0.1, 0.15) is 63.9 Å². The monoisotopic (exact) mass is 447 g/mol. The largest absolute Gasteiger partial charge is 0.496 e. The quantitative estimate of drug-likeness (QED) is 0.653. The molecule has 0 radical (unpaired) electrons. The number of carbonyl (C=O) groups is 3. The van der Waals surface area contributed by atoms with Gasteiger partial charge in [-0.05, 0) is 36.6 Å². The Labute approximate surface area is 191 Å². The highest BCUT2D eigenvalue weighted by atomic mass is 16.6. The number of rotatable bonds is 4. The molecule has 170 valence electrons. The van der Waals surface area contributed by atoms with Gasteiger partial charge < -0.3 is 19.1 Å². The molecule has 3 atom stereocenters. The van der Waals surface area contributed by atoms with Crippen LogP contribution in [0.25, 0.3) is 5.57 Å². The van der Waals surface area contributed by atoms with Gasteiger partial charge in [-0.2, -0.15) is 0 Å². The van der Waals surface area contributed by atoms with Crippen LogP contribution in [0.3, 0.4) is 0 Å². The maximum absolute atomic E-state index is 14.0. The van der Waals surface area contributed by atoms with Crippen LogP contribution in [0.4, 0.5) is 0 Å². The zero-order valence-corrected chi connectivity index (χ0v) is 19.2. The molecule has 0 amide bonds. The molecule has 1 fully saturated rings. The summed E-state index contributed by atoms with van der Waals surface area (Å²) in [4.78, 5) is 42.7. The van der Waals surface area contributed by atoms with Gasteiger partial charge in [0.15, 0.2) is 5.78 Å². The fourth-order valence-electron chi connectivity index (χ4n) is 5.18. The van der Waals surface area contributed by atoms with E-state index in [4.69, 9.17) is 14.2 Å². The molecule has 0 saturated carbocycles. The number of fused-ring (bicyclic) bond motifs is 6. The second kappa shape index (κ2) is 7.47. The highest BCUT2D eigenvalue weighted by Crippen LogP contribution is 2.53. The number of Topliss-reactive ketones (excluding diaryl/α,β-unsaturated/α-hetero) is 2. The summed E-state index contributed by atoms with van der Waals surface area (Å²) in [6.45, 7) is 5.84. The Morgan fingerprint density at radius 3 is 2.42 bits per heavy atom. The molecule has 7 heteroatoms. The van der Waals surface area contributed by atoms with Crippen molar-refractivity contribution in [1.82, 2.24) is 4.90 Å². The molecule has 1 saturated heterocycles. The number of hydrogen-bond donors (Lipinski definition) is 0. The second-order valence-corrected chi connectivity index (χ2v) is 8.72. The molecule has 2 aromatic rings. The van der Waals surface area contributed by atoms with Crippen molar-refractivity contribution < 1.29 is 28.6 Å². The first-order chi connectivity index (χ1) is 15.8. The lowest BCUT2D eigenvalue weighted by Gasteiger charge is -2.40. The van der Waals surface area contributed by atoms with Crippen LogP contribution in [0.2, 0.25) is 0 Å². The minimum Gasteiger partial charge on any atom is -0.496 e. The van der Waals surface area contributed by atoms with Crippen LogP contribution in [0.5, 0.6) is 11.5 Å². The Bertz CT molecular complexity index is 1260. The van der Waals surface area contributed by atoms with Gasteiger partial charge in [0, 0.05) is 16.7 Å². The number of benzene rings is 2. The summed E-state index contributed by atoms with van der Waals surface area (Å²) in [7, 11) is 2.99. The Morgan fingerprint density at radius 2 is 1.76 bits per heavy atom. The number of ether oxygens (including phenoxy) is 3. The predicted molar refractivity (Wildman–Crippen MR) is 120 cm³/mol. The van der Waals surface area contributed by atoms with Gasteiger partial charge in [-0.3, -0.25) is 9.59 Å². The van der Waals surface area contributed by atoms with Crippen molar-refractivity contribution >= 4 is 23.1 Å². The van der Waals surface area contributed by atoms with Crippen molar-refractivity contribution in [3.8, 4) is 11.5 Å². The molecular formula is C26H25NO6. The Morgan fingerprint density at radius 1 is 1.03 bits per heavy atom. The molecule has 2 aromatic carbocycles. The molecule has 1 unspecified atom stereocenters. The van der Waals surface area contributed by atoms with Gasteiger partial charge in [0.2, 0.25) is 12.0 Å². The summed E-state index contributed by atoms with van der Waals surface area (Å²) in [5, 5.41) is 0. The lowest BCUT2D eigenvalue weighted by Crippen LogP contribution is -2.45. The van der Waals surface area contributed by atoms with Crippen molar-refractivity contribution in [2.45, 2.75) is 39.5 Å². The van der Waals surface area contributed by atoms with Gasteiger partial charge in [0.25, 0.3) is 0 Å². The van der Waals surface area contributed by atoms with Gasteiger partial charge in [0.05, 0.1) is 25.4 Å². The van der Waals surface area contributed by atoms with Crippen LogP contribution in [0, 0.1) is 12.8 Å². The molecule has 5 rings (SSSR count). The van der Waals surface area contributed by atoms with E-state index in [-0.39, 0.29) is 39.9 Å². The van der Waals surface area contributed by atoms with E-state index < -0.39 is 18.2 Å². The maximum atomic E-state index is 14.0. The molecule has 7 nitrogen and oxygen atoms in total. The first kappa shape index (κ1) is 21.2. The van der Waals surface area contributed by atoms with Crippen LogP contribution in [-0.2, 0) is 9.53 Å². The molecule has 2 heterocycles. The summed E-state index contributed by atoms with van der Waals surface area (Å²) >= 11 is 0. The number of hydrogen-bond acceptors (Lipinski definition) is 7. The van der Waals surface area contributed by atoms with Gasteiger partial charge in [-0.25, -0.2) is 4.79 Å². The molecular weight excluding hydrogens is 422 g/mol. The lowest BCUT2D eigenvalue weighted by atomic mass is 9.77. The van der Waals surface area contributed by atoms with Crippen molar-refractivity contribution in [1.29, 1.82) is 0 Å². The van der Waals surface area contributed by atoms with E-state index in [0.717, 1.165) is 5.56 Å². The van der Waals surface area contributed by atoms with E-state index in [0.29, 0.717) is 29.0 Å². The van der Waals surface area contributed by atoms with E-state index in [2.05, 4.69) is 0 Å². The number of allylic oxidation sites excluding steroid dienone is 2. The van der Waals surface area contributed by atoms with E-state index >= 15 is 0 Å². The van der Waals surface area contributed by atoms with Crippen LogP contribution in [0.15, 0.2) is 36.0 Å². The van der Waals surface area contributed by atoms with Crippen molar-refractivity contribution in [3.05, 3.63) is 63.8 Å². The van der Waals surface area contributed by atoms with E-state index in [1.807, 2.05) is 32.9 Å². The standard InChI is InChI=1S/C26H25NO6/c1-6-13(3)21-26(30)33-25-15-10-12(2)11-17(32-5)18(15)20-22(27(21)25)24(29)19-14(23(20)28)8-7-9-16(19)31-4/h7-11,13,21,25H,6H2,1-5H3/t13?,21-,25-/m0/s1. The topological polar surface area (TPSA) is 82.1 Å². The van der Waals surface area contributed by atoms with Crippen LogP contribution >= 0.6 is 0 Å². The molecule has 1 aliphatic carbocycles. The Hall–Kier alpha value is -3.61. The molecule has 0 aromatic heterocycles. The summed E-state index contributed by atoms with van der Waals surface area (Å²) in [5.74, 6) is -0.369. The SMILES string of the molecule is CCC(C)[C@H]1C(=O)O[C@H]2c3cc(C)cc(OC)c3C3=C(C(=O)c4c(OC)cccc4C3=O)N12. The summed E-state index contributed by atoms with van der Waals surface area (Å²) in [6.07, 6.45) is -0.107. The number of methoxy groups -OCH3 is 2. The third-order valence-corrected chi connectivity index (χ3v) is 6.87. The Kier molecular flexibility index (Phi) is 4.81. The zero-order chi connectivity index (χ0) is 23.6. The fourth-order valence-corrected chi connectivity index (χ4v) is 5.18. The molecule has 3 aliphatic rings. The van der Waals surface area contributed by atoms with Gasteiger partial charge in [0.1, 0.15) is 23.2 Å². The first-order valence-corrected chi connectivity index (χ1v) is 11.0. The highest BCUT2D eigenvalue weighted by molar-refractivity contribution is 6.41. The minimum atomic E-state index is -0.813. The van der Waals surface area contributed by atoms with Crippen molar-refractivity contribution in [3.63, 3.8) is 0 Å². The number of carbonyl (C=O) groups excluding carboxylic acids is 3. The average molecular weight is 447 g/mol. The third kappa shape index (κ3) is 2.78.